The molecule has 0 aromatic heterocycles. The van der Waals surface area contributed by atoms with E-state index in [1.807, 2.05) is 0 Å². The maximum atomic E-state index is 14.1. The largest absolute Gasteiger partial charge is 0.535 e. The number of oxime groups is 2. The topological polar surface area (TPSA) is 264 Å². The minimum absolute atomic E-state index is 0.0132. The summed E-state index contributed by atoms with van der Waals surface area (Å²) in [5.74, 6) is -3.76. The Morgan fingerprint density at radius 2 is 1.57 bits per heavy atom. The lowest BCUT2D eigenvalue weighted by Crippen LogP contribution is -2.63. The Morgan fingerprint density at radius 3 is 2.16 bits per heavy atom. The summed E-state index contributed by atoms with van der Waals surface area (Å²) in [5, 5.41) is 18.6. The third-order valence-corrected chi connectivity index (χ3v) is 7.04. The van der Waals surface area contributed by atoms with Crippen LogP contribution in [0.5, 0.6) is 5.75 Å². The fourth-order valence-corrected chi connectivity index (χ4v) is 4.58. The van der Waals surface area contributed by atoms with Crippen molar-refractivity contribution in [3.63, 3.8) is 0 Å². The van der Waals surface area contributed by atoms with E-state index >= 15 is 0 Å². The number of amides is 3. The Labute approximate surface area is 279 Å². The van der Waals surface area contributed by atoms with Crippen LogP contribution in [0.15, 0.2) is 58.8 Å². The maximum absolute atomic E-state index is 14.1. The van der Waals surface area contributed by atoms with Crippen LogP contribution in [0.3, 0.4) is 0 Å². The number of ether oxygens (including phenoxy) is 3. The molecule has 262 valence electrons. The van der Waals surface area contributed by atoms with Crippen molar-refractivity contribution >= 4 is 47.7 Å². The molecule has 6 N–H and O–H groups in total. The van der Waals surface area contributed by atoms with E-state index < -0.39 is 66.9 Å². The number of carbonyl (C=O) groups is 6. The lowest BCUT2D eigenvalue weighted by atomic mass is 10.0. The number of amidine groups is 2. The number of methoxy groups -OCH3 is 3. The maximum Gasteiger partial charge on any atom is 0.535 e. The minimum atomic E-state index is -1.36. The van der Waals surface area contributed by atoms with Crippen LogP contribution in [0.4, 0.5) is 4.79 Å². The number of hydrogen-bond acceptors (Lipinski definition) is 13. The molecular weight excluding hydrogens is 650 g/mol. The first kappa shape index (κ1) is 37.1. The van der Waals surface area contributed by atoms with Crippen molar-refractivity contribution in [2.24, 2.45) is 21.8 Å². The Balaban J connectivity index is 1.85. The number of carboxylic acids is 1. The summed E-state index contributed by atoms with van der Waals surface area (Å²) in [6.07, 6.45) is -1.68. The number of carboxylic acid groups (broad SMARTS) is 1. The van der Waals surface area contributed by atoms with Gasteiger partial charge < -0.3 is 50.7 Å². The lowest BCUT2D eigenvalue weighted by Gasteiger charge is -2.41. The van der Waals surface area contributed by atoms with Crippen molar-refractivity contribution in [1.29, 1.82) is 0 Å². The Kier molecular flexibility index (Phi) is 13.2. The molecule has 0 aliphatic carbocycles. The fourth-order valence-electron chi connectivity index (χ4n) is 4.58. The van der Waals surface area contributed by atoms with Gasteiger partial charge in [0.1, 0.15) is 24.4 Å². The van der Waals surface area contributed by atoms with E-state index in [0.717, 1.165) is 24.0 Å². The van der Waals surface area contributed by atoms with Crippen molar-refractivity contribution in [1.82, 2.24) is 15.1 Å². The first-order valence-electron chi connectivity index (χ1n) is 14.4. The number of nitrogens with two attached hydrogens (primary N) is 2. The van der Waals surface area contributed by atoms with Crippen molar-refractivity contribution in [3.05, 3.63) is 65.2 Å². The molecule has 0 bridgehead atoms. The number of benzene rings is 2. The van der Waals surface area contributed by atoms with Crippen LogP contribution in [0.2, 0.25) is 0 Å². The van der Waals surface area contributed by atoms with E-state index in [1.165, 1.54) is 31.4 Å². The zero-order chi connectivity index (χ0) is 36.1. The van der Waals surface area contributed by atoms with E-state index in [4.69, 9.17) is 25.8 Å². The van der Waals surface area contributed by atoms with Crippen molar-refractivity contribution in [2.45, 2.75) is 24.9 Å². The second-order valence-corrected chi connectivity index (χ2v) is 10.2. The molecule has 1 aliphatic rings. The number of esters is 1. The molecule has 0 radical (unpaired) electrons. The normalized spacial score (nSPS) is 15.5. The van der Waals surface area contributed by atoms with Crippen LogP contribution in [0, 0.1) is 0 Å². The standard InChI is InChI=1S/C30H35N7O12/c1-45-20-10-4-17(5-11-20)14-21(27(42)37-13-12-36(16-23(38)39)28(43)22(37)15-24(40)46-2)33-26(41)19-8-6-18(7-9-19)25(31)34-48-29(32)35-49-30(44)47-3/h4-11,21-22H,12-16H2,1-3H3,(H2,31,34)(H2,32,35)(H,33,41)(H,38,39)/t21-,22-/m0/s1. The van der Waals surface area contributed by atoms with Crippen molar-refractivity contribution < 1.29 is 57.8 Å². The average Bonchev–Trinajstić information content (AvgIpc) is 3.10. The third-order valence-electron chi connectivity index (χ3n) is 7.04. The van der Waals surface area contributed by atoms with Crippen LogP contribution < -0.4 is 21.5 Å². The van der Waals surface area contributed by atoms with E-state index in [1.54, 1.807) is 24.3 Å². The van der Waals surface area contributed by atoms with E-state index in [9.17, 15) is 33.9 Å². The molecule has 2 aromatic rings. The highest BCUT2D eigenvalue weighted by Gasteiger charge is 2.42. The first-order valence-corrected chi connectivity index (χ1v) is 14.4. The van der Waals surface area contributed by atoms with E-state index in [2.05, 4.69) is 25.2 Å². The smallest absolute Gasteiger partial charge is 0.497 e. The molecule has 0 unspecified atom stereocenters. The number of carbonyl (C=O) groups excluding carboxylic acids is 5. The van der Waals surface area contributed by atoms with E-state index in [0.29, 0.717) is 16.9 Å². The molecule has 1 saturated heterocycles. The zero-order valence-corrected chi connectivity index (χ0v) is 26.7. The summed E-state index contributed by atoms with van der Waals surface area (Å²) in [6.45, 7) is -0.831. The zero-order valence-electron chi connectivity index (χ0n) is 26.7. The van der Waals surface area contributed by atoms with Crippen LogP contribution in [-0.2, 0) is 44.7 Å². The third kappa shape index (κ3) is 10.6. The molecule has 1 aliphatic heterocycles. The number of nitrogens with one attached hydrogen (secondary N) is 1. The van der Waals surface area contributed by atoms with Gasteiger partial charge in [0.05, 0.1) is 27.8 Å². The lowest BCUT2D eigenvalue weighted by molar-refractivity contribution is -0.159. The molecule has 1 heterocycles. The summed E-state index contributed by atoms with van der Waals surface area (Å²) >= 11 is 0. The molecule has 3 rings (SSSR count). The molecule has 0 spiro atoms. The van der Waals surface area contributed by atoms with Gasteiger partial charge in [0.25, 0.3) is 5.91 Å². The first-order chi connectivity index (χ1) is 23.4. The molecule has 3 amide bonds. The van der Waals surface area contributed by atoms with E-state index in [-0.39, 0.29) is 30.9 Å². The monoisotopic (exact) mass is 685 g/mol. The summed E-state index contributed by atoms with van der Waals surface area (Å²) in [7, 11) is 3.67. The summed E-state index contributed by atoms with van der Waals surface area (Å²) < 4.78 is 14.1. The van der Waals surface area contributed by atoms with Gasteiger partial charge in [0.2, 0.25) is 11.8 Å². The SMILES string of the molecule is COC(=O)C[C@H]1C(=O)N(CC(=O)O)CCN1C(=O)[C@H](Cc1ccc(OC)cc1)NC(=O)c1ccc(/C(N)=N/O/C(N)=N/OC(=O)OC)cc1. The molecule has 2 atom stereocenters. The highest BCUT2D eigenvalue weighted by atomic mass is 16.8. The summed E-state index contributed by atoms with van der Waals surface area (Å²) in [5.41, 5.74) is 12.4. The van der Waals surface area contributed by atoms with Gasteiger partial charge in [-0.05, 0) is 35.0 Å². The van der Waals surface area contributed by atoms with Crippen LogP contribution in [0.25, 0.3) is 0 Å². The van der Waals surface area contributed by atoms with Crippen molar-refractivity contribution in [2.75, 3.05) is 41.0 Å². The van der Waals surface area contributed by atoms with Crippen LogP contribution >= 0.6 is 0 Å². The van der Waals surface area contributed by atoms with Crippen LogP contribution in [0.1, 0.15) is 27.9 Å². The number of hydrogen-bond donors (Lipinski definition) is 4. The molecular formula is C30H35N7O12. The predicted molar refractivity (Wildman–Crippen MR) is 168 cm³/mol. The highest BCUT2D eigenvalue weighted by molar-refractivity contribution is 6.01. The number of rotatable bonds is 13. The second kappa shape index (κ2) is 17.5. The van der Waals surface area contributed by atoms with Gasteiger partial charge >= 0.3 is 24.1 Å². The molecule has 19 nitrogen and oxygen atoms in total. The molecule has 1 fully saturated rings. The molecule has 19 heteroatoms. The van der Waals surface area contributed by atoms with Gasteiger partial charge in [0.15, 0.2) is 5.84 Å². The molecule has 2 aromatic carbocycles. The Morgan fingerprint density at radius 1 is 0.918 bits per heavy atom. The van der Waals surface area contributed by atoms with Gasteiger partial charge in [-0.15, -0.1) is 0 Å². The molecule has 49 heavy (non-hydrogen) atoms. The second-order valence-electron chi connectivity index (χ2n) is 10.2. The quantitative estimate of drug-likeness (QED) is 0.0673. The minimum Gasteiger partial charge on any atom is -0.497 e. The fraction of sp³-hybridized carbons (Fsp3) is 0.333. The highest BCUT2D eigenvalue weighted by Crippen LogP contribution is 2.20. The number of nitrogens with zero attached hydrogens (tertiary/aromatic N) is 4. The predicted octanol–water partition coefficient (Wildman–Crippen LogP) is -0.627. The molecule has 0 saturated carbocycles. The number of aliphatic carboxylic acids is 1. The van der Waals surface area contributed by atoms with Gasteiger partial charge in [0, 0.05) is 30.6 Å². The van der Waals surface area contributed by atoms with Gasteiger partial charge in [-0.3, -0.25) is 28.8 Å². The van der Waals surface area contributed by atoms with Gasteiger partial charge in [-0.25, -0.2) is 4.79 Å². The Bertz CT molecular complexity index is 1600. The van der Waals surface area contributed by atoms with Gasteiger partial charge in [-0.2, -0.15) is 0 Å². The summed E-state index contributed by atoms with van der Waals surface area (Å²) in [4.78, 5) is 86.5. The summed E-state index contributed by atoms with van der Waals surface area (Å²) in [6, 6.07) is 9.16. The van der Waals surface area contributed by atoms with Crippen molar-refractivity contribution in [3.8, 4) is 5.75 Å². The Hall–Kier alpha value is -6.40. The van der Waals surface area contributed by atoms with Crippen LogP contribution in [-0.4, -0.2) is 116 Å². The average molecular weight is 686 g/mol. The van der Waals surface area contributed by atoms with Gasteiger partial charge in [-0.1, -0.05) is 29.4 Å². The number of piperazine rings is 1.